The smallest absolute Gasteiger partial charge is 0.255 e. The lowest BCUT2D eigenvalue weighted by Crippen LogP contribution is -2.38. The summed E-state index contributed by atoms with van der Waals surface area (Å²) in [4.78, 5) is 18.4. The van der Waals surface area contributed by atoms with Crippen molar-refractivity contribution in [2.45, 2.75) is 50.7 Å². The molecule has 0 unspecified atom stereocenters. The lowest BCUT2D eigenvalue weighted by molar-refractivity contribution is -0.0434. The SMILES string of the molecule is O=C(c1cccnc1)N1CCCCCCCOC[C@@H](O)[C@@H](O)CC1. The fourth-order valence-electron chi connectivity index (χ4n) is 2.82. The second-order valence-electron chi connectivity index (χ2n) is 6.30. The Balaban J connectivity index is 1.99. The molecule has 1 aromatic rings. The Bertz CT molecular complexity index is 483. The number of ether oxygens (including phenoxy) is 1. The molecule has 6 nitrogen and oxygen atoms in total. The number of aliphatic hydroxyl groups excluding tert-OH is 2. The van der Waals surface area contributed by atoms with Crippen molar-refractivity contribution in [3.8, 4) is 0 Å². The number of hydrogen-bond acceptors (Lipinski definition) is 5. The summed E-state index contributed by atoms with van der Waals surface area (Å²) in [6, 6.07) is 3.49. The summed E-state index contributed by atoms with van der Waals surface area (Å²) in [5.74, 6) is -0.0758. The Hall–Kier alpha value is -1.50. The molecule has 0 radical (unpaired) electrons. The number of pyridine rings is 1. The highest BCUT2D eigenvalue weighted by Gasteiger charge is 2.21. The fourth-order valence-corrected chi connectivity index (χ4v) is 2.82. The van der Waals surface area contributed by atoms with Gasteiger partial charge in [-0.3, -0.25) is 9.78 Å². The lowest BCUT2D eigenvalue weighted by atomic mass is 10.1. The van der Waals surface area contributed by atoms with Gasteiger partial charge >= 0.3 is 0 Å². The zero-order valence-corrected chi connectivity index (χ0v) is 14.1. The molecular weight excluding hydrogens is 308 g/mol. The molecule has 2 N–H and O–H groups in total. The van der Waals surface area contributed by atoms with Crippen LogP contribution in [-0.4, -0.2) is 64.5 Å². The van der Waals surface area contributed by atoms with Gasteiger partial charge in [-0.25, -0.2) is 0 Å². The van der Waals surface area contributed by atoms with Crippen LogP contribution in [0.2, 0.25) is 0 Å². The van der Waals surface area contributed by atoms with E-state index in [0.717, 1.165) is 32.1 Å². The van der Waals surface area contributed by atoms with E-state index in [1.165, 1.54) is 0 Å². The van der Waals surface area contributed by atoms with Crippen molar-refractivity contribution >= 4 is 5.91 Å². The molecule has 1 amide bonds. The zero-order valence-electron chi connectivity index (χ0n) is 14.1. The molecule has 0 saturated carbocycles. The first kappa shape index (κ1) is 18.8. The minimum atomic E-state index is -0.914. The van der Waals surface area contributed by atoms with Crippen molar-refractivity contribution in [1.29, 1.82) is 0 Å². The van der Waals surface area contributed by atoms with Crippen LogP contribution in [0.4, 0.5) is 0 Å². The van der Waals surface area contributed by atoms with Gasteiger partial charge in [0, 0.05) is 32.1 Å². The van der Waals surface area contributed by atoms with Gasteiger partial charge in [0.15, 0.2) is 0 Å². The molecule has 0 spiro atoms. The highest BCUT2D eigenvalue weighted by Crippen LogP contribution is 2.11. The van der Waals surface area contributed by atoms with Gasteiger partial charge < -0.3 is 19.8 Å². The monoisotopic (exact) mass is 336 g/mol. The lowest BCUT2D eigenvalue weighted by Gasteiger charge is -2.26. The maximum Gasteiger partial charge on any atom is 0.255 e. The van der Waals surface area contributed by atoms with E-state index in [1.807, 2.05) is 0 Å². The summed E-state index contributed by atoms with van der Waals surface area (Å²) < 4.78 is 5.41. The van der Waals surface area contributed by atoms with E-state index in [4.69, 9.17) is 4.74 Å². The van der Waals surface area contributed by atoms with Crippen LogP contribution in [0.15, 0.2) is 24.5 Å². The van der Waals surface area contributed by atoms with E-state index in [2.05, 4.69) is 4.98 Å². The third-order valence-electron chi connectivity index (χ3n) is 4.34. The molecule has 0 aliphatic carbocycles. The number of rotatable bonds is 1. The molecule has 1 aromatic heterocycles. The maximum atomic E-state index is 12.6. The van der Waals surface area contributed by atoms with Gasteiger partial charge in [0.05, 0.1) is 18.3 Å². The van der Waals surface area contributed by atoms with Crippen LogP contribution in [0.25, 0.3) is 0 Å². The van der Waals surface area contributed by atoms with Crippen molar-refractivity contribution in [2.24, 2.45) is 0 Å². The van der Waals surface area contributed by atoms with Gasteiger partial charge in [-0.05, 0) is 31.4 Å². The highest BCUT2D eigenvalue weighted by molar-refractivity contribution is 5.93. The summed E-state index contributed by atoms with van der Waals surface area (Å²) in [5, 5.41) is 20.0. The Morgan fingerprint density at radius 2 is 1.92 bits per heavy atom. The second-order valence-corrected chi connectivity index (χ2v) is 6.30. The standard InChI is InChI=1S/C18H28N2O4/c21-16-8-11-20(18(23)15-7-6-9-19-13-15)10-4-2-1-3-5-12-24-14-17(16)22/h6-7,9,13,16-17,21-22H,1-5,8,10-12,14H2/t16-,17+/m0/s1. The molecule has 1 aliphatic heterocycles. The normalized spacial score (nSPS) is 25.0. The van der Waals surface area contributed by atoms with E-state index < -0.39 is 12.2 Å². The molecule has 2 rings (SSSR count). The third-order valence-corrected chi connectivity index (χ3v) is 4.34. The number of carbonyl (C=O) groups is 1. The van der Waals surface area contributed by atoms with Crippen molar-refractivity contribution in [1.82, 2.24) is 9.88 Å². The number of amides is 1. The van der Waals surface area contributed by atoms with Crippen LogP contribution < -0.4 is 0 Å². The van der Waals surface area contributed by atoms with Crippen LogP contribution in [-0.2, 0) is 4.74 Å². The fraction of sp³-hybridized carbons (Fsp3) is 0.667. The van der Waals surface area contributed by atoms with Gasteiger partial charge in [-0.1, -0.05) is 19.3 Å². The van der Waals surface area contributed by atoms with E-state index in [1.54, 1.807) is 29.4 Å². The van der Waals surface area contributed by atoms with E-state index >= 15 is 0 Å². The summed E-state index contributed by atoms with van der Waals surface area (Å²) in [7, 11) is 0. The van der Waals surface area contributed by atoms with Crippen LogP contribution in [0, 0.1) is 0 Å². The quantitative estimate of drug-likeness (QED) is 0.814. The summed E-state index contributed by atoms with van der Waals surface area (Å²) in [6.07, 6.45) is 6.89. The molecular formula is C18H28N2O4. The average Bonchev–Trinajstić information content (AvgIpc) is 2.61. The maximum absolute atomic E-state index is 12.6. The predicted molar refractivity (Wildman–Crippen MR) is 90.7 cm³/mol. The van der Waals surface area contributed by atoms with E-state index in [-0.39, 0.29) is 12.5 Å². The van der Waals surface area contributed by atoms with Crippen LogP contribution >= 0.6 is 0 Å². The van der Waals surface area contributed by atoms with Crippen molar-refractivity contribution in [3.05, 3.63) is 30.1 Å². The first-order valence-corrected chi connectivity index (χ1v) is 8.81. The van der Waals surface area contributed by atoms with Crippen molar-refractivity contribution in [3.63, 3.8) is 0 Å². The van der Waals surface area contributed by atoms with Crippen LogP contribution in [0.5, 0.6) is 0 Å². The summed E-state index contributed by atoms with van der Waals surface area (Å²) in [6.45, 7) is 1.83. The third kappa shape index (κ3) is 6.19. The van der Waals surface area contributed by atoms with Crippen LogP contribution in [0.1, 0.15) is 48.9 Å². The van der Waals surface area contributed by atoms with Crippen molar-refractivity contribution < 1.29 is 19.7 Å². The summed E-state index contributed by atoms with van der Waals surface area (Å²) in [5.41, 5.74) is 0.553. The minimum absolute atomic E-state index is 0.0758. The predicted octanol–water partition coefficient (Wildman–Crippen LogP) is 1.62. The molecule has 0 aromatic carbocycles. The molecule has 2 heterocycles. The number of aliphatic hydroxyl groups is 2. The first-order chi connectivity index (χ1) is 11.7. The Kier molecular flexibility index (Phi) is 8.15. The van der Waals surface area contributed by atoms with Gasteiger partial charge in [-0.15, -0.1) is 0 Å². The van der Waals surface area contributed by atoms with E-state index in [9.17, 15) is 15.0 Å². The largest absolute Gasteiger partial charge is 0.390 e. The number of carbonyl (C=O) groups excluding carboxylic acids is 1. The Morgan fingerprint density at radius 3 is 2.71 bits per heavy atom. The molecule has 1 aliphatic rings. The summed E-state index contributed by atoms with van der Waals surface area (Å²) >= 11 is 0. The highest BCUT2D eigenvalue weighted by atomic mass is 16.5. The molecule has 1 fully saturated rings. The van der Waals surface area contributed by atoms with Gasteiger partial charge in [0.25, 0.3) is 5.91 Å². The Labute approximate surface area is 143 Å². The molecule has 24 heavy (non-hydrogen) atoms. The zero-order chi connectivity index (χ0) is 17.2. The first-order valence-electron chi connectivity index (χ1n) is 8.81. The van der Waals surface area contributed by atoms with E-state index in [0.29, 0.717) is 31.7 Å². The van der Waals surface area contributed by atoms with Crippen molar-refractivity contribution in [2.75, 3.05) is 26.3 Å². The number of hydrogen-bond donors (Lipinski definition) is 2. The number of aromatic nitrogens is 1. The molecule has 6 heteroatoms. The second kappa shape index (κ2) is 10.4. The van der Waals surface area contributed by atoms with Gasteiger partial charge in [0.1, 0.15) is 6.10 Å². The topological polar surface area (TPSA) is 82.9 Å². The molecule has 0 bridgehead atoms. The average molecular weight is 336 g/mol. The Morgan fingerprint density at radius 1 is 1.12 bits per heavy atom. The minimum Gasteiger partial charge on any atom is -0.390 e. The molecule has 1 saturated heterocycles. The molecule has 2 atom stereocenters. The molecule has 134 valence electrons. The number of nitrogens with zero attached hydrogens (tertiary/aromatic N) is 2. The van der Waals surface area contributed by atoms with Gasteiger partial charge in [-0.2, -0.15) is 0 Å². The van der Waals surface area contributed by atoms with Crippen LogP contribution in [0.3, 0.4) is 0 Å². The van der Waals surface area contributed by atoms with Gasteiger partial charge in [0.2, 0.25) is 0 Å².